The Balaban J connectivity index is 0.000000169. The fraction of sp³-hybridized carbons (Fsp3) is 0.217. The molecule has 0 aliphatic carbocycles. The van der Waals surface area contributed by atoms with E-state index >= 15 is 0 Å². The lowest BCUT2D eigenvalue weighted by atomic mass is 9.99. The largest absolute Gasteiger partial charge is 0.268 e. The van der Waals surface area contributed by atoms with Crippen molar-refractivity contribution >= 4 is 76.5 Å². The molecule has 0 saturated heterocycles. The molecule has 0 bridgehead atoms. The highest BCUT2D eigenvalue weighted by molar-refractivity contribution is 6.17. The smallest absolute Gasteiger partial charge is 0.264 e. The second-order valence-corrected chi connectivity index (χ2v) is 11.4. The lowest BCUT2D eigenvalue weighted by Crippen LogP contribution is -2.13. The average Bonchev–Trinajstić information content (AvgIpc) is 3.81. The SMILES string of the molecule is CC.CC.CC.CC.Cc1ccc2c(=O)n3c4ccccc4nc3c3cccc1c23.Cc1ccc2c3c1cccc3c(=O)n1c3ccccc3nc21. The first-order valence-corrected chi connectivity index (χ1v) is 18.6. The van der Waals surface area contributed by atoms with Crippen LogP contribution in [0.15, 0.2) is 119 Å². The van der Waals surface area contributed by atoms with E-state index in [1.165, 1.54) is 11.1 Å². The van der Waals surface area contributed by atoms with Crippen LogP contribution in [0.1, 0.15) is 66.5 Å². The summed E-state index contributed by atoms with van der Waals surface area (Å²) in [5.41, 5.74) is 7.30. The molecule has 10 rings (SSSR count). The van der Waals surface area contributed by atoms with Crippen LogP contribution in [0.2, 0.25) is 0 Å². The van der Waals surface area contributed by atoms with E-state index in [0.717, 1.165) is 76.5 Å². The summed E-state index contributed by atoms with van der Waals surface area (Å²) in [6.07, 6.45) is 0. The van der Waals surface area contributed by atoms with Crippen LogP contribution in [0, 0.1) is 13.8 Å². The quantitative estimate of drug-likeness (QED) is 0.159. The van der Waals surface area contributed by atoms with Gasteiger partial charge in [0.2, 0.25) is 0 Å². The van der Waals surface area contributed by atoms with Crippen LogP contribution in [0.5, 0.6) is 0 Å². The Labute approximate surface area is 304 Å². The number of aromatic nitrogens is 4. The Bertz CT molecular complexity index is 2760. The van der Waals surface area contributed by atoms with Crippen molar-refractivity contribution in [1.29, 1.82) is 0 Å². The van der Waals surface area contributed by atoms with Crippen LogP contribution in [0.25, 0.3) is 76.5 Å². The molecule has 6 aromatic carbocycles. The summed E-state index contributed by atoms with van der Waals surface area (Å²) in [6, 6.07) is 35.8. The van der Waals surface area contributed by atoms with Gasteiger partial charge in [0.25, 0.3) is 11.1 Å². The summed E-state index contributed by atoms with van der Waals surface area (Å²) in [7, 11) is 0. The van der Waals surface area contributed by atoms with Gasteiger partial charge in [-0.05, 0) is 72.1 Å². The molecule has 10 aromatic rings. The molecule has 0 unspecified atom stereocenters. The number of pyridine rings is 2. The van der Waals surface area contributed by atoms with Crippen LogP contribution in [0.3, 0.4) is 0 Å². The van der Waals surface area contributed by atoms with Gasteiger partial charge in [-0.3, -0.25) is 18.4 Å². The highest BCUT2D eigenvalue weighted by Crippen LogP contribution is 2.32. The van der Waals surface area contributed by atoms with Gasteiger partial charge in [0.15, 0.2) is 0 Å². The Morgan fingerprint density at radius 2 is 0.731 bits per heavy atom. The van der Waals surface area contributed by atoms with Crippen LogP contribution < -0.4 is 11.1 Å². The minimum Gasteiger partial charge on any atom is -0.268 e. The van der Waals surface area contributed by atoms with E-state index in [0.29, 0.717) is 0 Å². The van der Waals surface area contributed by atoms with E-state index in [-0.39, 0.29) is 11.1 Å². The van der Waals surface area contributed by atoms with Crippen molar-refractivity contribution < 1.29 is 0 Å². The van der Waals surface area contributed by atoms with Gasteiger partial charge in [-0.15, -0.1) is 0 Å². The molecule has 0 amide bonds. The lowest BCUT2D eigenvalue weighted by Gasteiger charge is -2.09. The highest BCUT2D eigenvalue weighted by Gasteiger charge is 2.17. The minimum absolute atomic E-state index is 0.00685. The summed E-state index contributed by atoms with van der Waals surface area (Å²) in [5, 5.41) is 7.88. The molecular formula is C46H48N4O2. The molecule has 0 N–H and O–H groups in total. The molecule has 0 spiro atoms. The number of nitrogens with zero attached hydrogens (tertiary/aromatic N) is 4. The first kappa shape index (κ1) is 37.4. The van der Waals surface area contributed by atoms with Crippen LogP contribution in [-0.4, -0.2) is 18.8 Å². The van der Waals surface area contributed by atoms with E-state index < -0.39 is 0 Å². The molecule has 6 nitrogen and oxygen atoms in total. The zero-order chi connectivity index (χ0) is 37.7. The summed E-state index contributed by atoms with van der Waals surface area (Å²) in [4.78, 5) is 35.4. The third-order valence-electron chi connectivity index (χ3n) is 8.99. The Hall–Kier alpha value is -5.88. The van der Waals surface area contributed by atoms with Gasteiger partial charge in [-0.1, -0.05) is 128 Å². The second-order valence-electron chi connectivity index (χ2n) is 11.4. The third-order valence-corrected chi connectivity index (χ3v) is 8.99. The number of hydrogen-bond donors (Lipinski definition) is 0. The van der Waals surface area contributed by atoms with Gasteiger partial charge < -0.3 is 0 Å². The zero-order valence-corrected chi connectivity index (χ0v) is 32.0. The number of fused-ring (bicyclic) bond motifs is 8. The maximum Gasteiger partial charge on any atom is 0.264 e. The van der Waals surface area contributed by atoms with Crippen molar-refractivity contribution in [3.8, 4) is 0 Å². The predicted molar refractivity (Wildman–Crippen MR) is 225 cm³/mol. The average molecular weight is 689 g/mol. The maximum atomic E-state index is 13.0. The fourth-order valence-corrected chi connectivity index (χ4v) is 6.90. The monoisotopic (exact) mass is 688 g/mol. The number of rotatable bonds is 0. The molecule has 0 aliphatic rings. The summed E-state index contributed by atoms with van der Waals surface area (Å²) in [5.74, 6) is 0. The van der Waals surface area contributed by atoms with Crippen LogP contribution in [-0.2, 0) is 0 Å². The van der Waals surface area contributed by atoms with Crippen LogP contribution >= 0.6 is 0 Å². The number of imidazole rings is 2. The molecule has 264 valence electrons. The summed E-state index contributed by atoms with van der Waals surface area (Å²) < 4.78 is 3.48. The maximum absolute atomic E-state index is 13.0. The molecule has 0 radical (unpaired) electrons. The summed E-state index contributed by atoms with van der Waals surface area (Å²) in [6.45, 7) is 20.1. The molecule has 6 heteroatoms. The molecular weight excluding hydrogens is 641 g/mol. The van der Waals surface area contributed by atoms with Crippen molar-refractivity contribution in [3.05, 3.63) is 141 Å². The van der Waals surface area contributed by atoms with E-state index in [9.17, 15) is 9.59 Å². The molecule has 52 heavy (non-hydrogen) atoms. The van der Waals surface area contributed by atoms with Gasteiger partial charge in [-0.25, -0.2) is 9.97 Å². The molecule has 0 atom stereocenters. The van der Waals surface area contributed by atoms with E-state index in [1.807, 2.05) is 134 Å². The second kappa shape index (κ2) is 16.0. The first-order valence-electron chi connectivity index (χ1n) is 18.6. The van der Waals surface area contributed by atoms with Crippen molar-refractivity contribution in [2.45, 2.75) is 69.2 Å². The third kappa shape index (κ3) is 5.88. The lowest BCUT2D eigenvalue weighted by molar-refractivity contribution is 1.19. The predicted octanol–water partition coefficient (Wildman–Crippen LogP) is 11.9. The van der Waals surface area contributed by atoms with E-state index in [4.69, 9.17) is 9.97 Å². The van der Waals surface area contributed by atoms with Gasteiger partial charge in [-0.2, -0.15) is 0 Å². The number of para-hydroxylation sites is 4. The van der Waals surface area contributed by atoms with Gasteiger partial charge in [0, 0.05) is 32.3 Å². The Kier molecular flexibility index (Phi) is 11.5. The van der Waals surface area contributed by atoms with Crippen molar-refractivity contribution in [1.82, 2.24) is 18.8 Å². The van der Waals surface area contributed by atoms with Crippen molar-refractivity contribution in [3.63, 3.8) is 0 Å². The Morgan fingerprint density at radius 1 is 0.385 bits per heavy atom. The number of hydrogen-bond acceptors (Lipinski definition) is 4. The molecule has 0 fully saturated rings. The Morgan fingerprint density at radius 3 is 1.19 bits per heavy atom. The van der Waals surface area contributed by atoms with Crippen molar-refractivity contribution in [2.75, 3.05) is 0 Å². The standard InChI is InChI=1S/2C19H12N2O.4C2H6/c1-11-9-10-13-17-12(11)5-4-6-14(17)19(22)21-16-8-3-2-7-15(16)20-18(13)21;1-11-9-10-14-17-12(11)5-4-6-13(17)18-20-15-7-2-3-8-16(15)21(18)19(14)22;4*1-2/h2*2-10H,1H3;4*1-2H3. The molecule has 4 aromatic heterocycles. The highest BCUT2D eigenvalue weighted by atomic mass is 16.1. The zero-order valence-electron chi connectivity index (χ0n) is 32.0. The summed E-state index contributed by atoms with van der Waals surface area (Å²) >= 11 is 0. The van der Waals surface area contributed by atoms with Crippen molar-refractivity contribution in [2.24, 2.45) is 0 Å². The fourth-order valence-electron chi connectivity index (χ4n) is 6.90. The van der Waals surface area contributed by atoms with Gasteiger partial charge in [0.05, 0.1) is 22.1 Å². The molecule has 0 saturated carbocycles. The number of benzene rings is 6. The number of aryl methyl sites for hydroxylation is 2. The van der Waals surface area contributed by atoms with Gasteiger partial charge >= 0.3 is 0 Å². The first-order chi connectivity index (χ1) is 25.5. The van der Waals surface area contributed by atoms with Crippen LogP contribution in [0.4, 0.5) is 0 Å². The molecule has 0 aliphatic heterocycles. The topological polar surface area (TPSA) is 68.7 Å². The molecule has 4 heterocycles. The van der Waals surface area contributed by atoms with E-state index in [2.05, 4.69) is 44.2 Å². The minimum atomic E-state index is 0.00685. The van der Waals surface area contributed by atoms with E-state index in [1.54, 1.807) is 8.80 Å². The van der Waals surface area contributed by atoms with Gasteiger partial charge in [0.1, 0.15) is 11.3 Å². The normalized spacial score (nSPS) is 10.7.